The number of thiazole rings is 1. The fourth-order valence-corrected chi connectivity index (χ4v) is 1.46. The third-order valence-electron chi connectivity index (χ3n) is 1.61. The number of aromatic nitrogens is 1. The van der Waals surface area contributed by atoms with Gasteiger partial charge in [0.25, 0.3) is 0 Å². The maximum Gasteiger partial charge on any atom is 0.233 e. The fraction of sp³-hybridized carbons (Fsp3) is 0.500. The Bertz CT molecular complexity index is 248. The molecule has 1 aromatic heterocycles. The van der Waals surface area contributed by atoms with E-state index in [2.05, 4.69) is 15.6 Å². The zero-order chi connectivity index (χ0) is 9.52. The van der Waals surface area contributed by atoms with Gasteiger partial charge in [-0.3, -0.25) is 4.79 Å². The molecule has 1 rings (SSSR count). The first-order valence-corrected chi connectivity index (χ1v) is 5.05. The van der Waals surface area contributed by atoms with Crippen molar-refractivity contribution >= 4 is 17.2 Å². The van der Waals surface area contributed by atoms with Gasteiger partial charge in [-0.25, -0.2) is 4.98 Å². The molecular formula is C8H13N3OS. The minimum absolute atomic E-state index is 0.0123. The van der Waals surface area contributed by atoms with E-state index < -0.39 is 0 Å². The SMILES string of the molecule is CNC(=O)CNCCc1cscn1. The van der Waals surface area contributed by atoms with Crippen LogP contribution in [0.1, 0.15) is 5.69 Å². The minimum atomic E-state index is 0.0123. The van der Waals surface area contributed by atoms with Crippen molar-refractivity contribution in [3.8, 4) is 0 Å². The highest BCUT2D eigenvalue weighted by Gasteiger charge is 1.97. The summed E-state index contributed by atoms with van der Waals surface area (Å²) in [6.45, 7) is 1.16. The summed E-state index contributed by atoms with van der Waals surface area (Å²) in [4.78, 5) is 14.9. The number of nitrogens with zero attached hydrogens (tertiary/aromatic N) is 1. The van der Waals surface area contributed by atoms with Gasteiger partial charge in [0.15, 0.2) is 0 Å². The van der Waals surface area contributed by atoms with Crippen LogP contribution in [0.3, 0.4) is 0 Å². The molecule has 2 N–H and O–H groups in total. The van der Waals surface area contributed by atoms with Crippen molar-refractivity contribution in [1.82, 2.24) is 15.6 Å². The molecule has 0 unspecified atom stereocenters. The van der Waals surface area contributed by atoms with Gasteiger partial charge in [0.2, 0.25) is 5.91 Å². The Kier molecular flexibility index (Phi) is 4.42. The highest BCUT2D eigenvalue weighted by Crippen LogP contribution is 2.00. The molecule has 0 spiro atoms. The largest absolute Gasteiger partial charge is 0.358 e. The van der Waals surface area contributed by atoms with Gasteiger partial charge < -0.3 is 10.6 Å². The van der Waals surface area contributed by atoms with Gasteiger partial charge in [-0.05, 0) is 0 Å². The van der Waals surface area contributed by atoms with Crippen LogP contribution in [0.4, 0.5) is 0 Å². The second-order valence-electron chi connectivity index (χ2n) is 2.58. The third kappa shape index (κ3) is 4.00. The van der Waals surface area contributed by atoms with Gasteiger partial charge in [-0.1, -0.05) is 0 Å². The molecule has 1 heterocycles. The Hall–Kier alpha value is -0.940. The van der Waals surface area contributed by atoms with Crippen LogP contribution in [0.25, 0.3) is 0 Å². The van der Waals surface area contributed by atoms with E-state index in [-0.39, 0.29) is 5.91 Å². The lowest BCUT2D eigenvalue weighted by Gasteiger charge is -2.01. The molecule has 4 nitrogen and oxygen atoms in total. The molecular weight excluding hydrogens is 186 g/mol. The van der Waals surface area contributed by atoms with Gasteiger partial charge in [0, 0.05) is 25.4 Å². The molecule has 13 heavy (non-hydrogen) atoms. The molecule has 0 aliphatic carbocycles. The second kappa shape index (κ2) is 5.66. The van der Waals surface area contributed by atoms with Gasteiger partial charge >= 0.3 is 0 Å². The van der Waals surface area contributed by atoms with Gasteiger partial charge in [-0.2, -0.15) is 0 Å². The molecule has 72 valence electrons. The Morgan fingerprint density at radius 1 is 1.69 bits per heavy atom. The number of carbonyl (C=O) groups excluding carboxylic acids is 1. The van der Waals surface area contributed by atoms with Gasteiger partial charge in [0.05, 0.1) is 17.7 Å². The predicted octanol–water partition coefficient (Wildman–Crippen LogP) is 0.0212. The summed E-state index contributed by atoms with van der Waals surface area (Å²) in [7, 11) is 1.63. The molecule has 0 saturated heterocycles. The van der Waals surface area contributed by atoms with E-state index in [1.165, 1.54) is 0 Å². The number of nitrogens with one attached hydrogen (secondary N) is 2. The summed E-state index contributed by atoms with van der Waals surface area (Å²) in [6.07, 6.45) is 0.875. The summed E-state index contributed by atoms with van der Waals surface area (Å²) < 4.78 is 0. The Labute approximate surface area is 81.4 Å². The molecule has 1 aromatic rings. The van der Waals surface area contributed by atoms with Crippen LogP contribution in [0.2, 0.25) is 0 Å². The van der Waals surface area contributed by atoms with E-state index >= 15 is 0 Å². The molecule has 0 bridgehead atoms. The standard InChI is InChI=1S/C8H13N3OS/c1-9-8(12)4-10-3-2-7-5-13-6-11-7/h5-6,10H,2-4H2,1H3,(H,9,12). The lowest BCUT2D eigenvalue weighted by molar-refractivity contribution is -0.119. The van der Waals surface area contributed by atoms with Crippen LogP contribution in [0, 0.1) is 0 Å². The van der Waals surface area contributed by atoms with Crippen LogP contribution < -0.4 is 10.6 Å². The average molecular weight is 199 g/mol. The predicted molar refractivity (Wildman–Crippen MR) is 52.8 cm³/mol. The average Bonchev–Trinajstić information content (AvgIpc) is 2.64. The van der Waals surface area contributed by atoms with Crippen LogP contribution in [-0.4, -0.2) is 31.0 Å². The zero-order valence-corrected chi connectivity index (χ0v) is 8.36. The maximum atomic E-state index is 10.8. The van der Waals surface area contributed by atoms with E-state index in [1.807, 2.05) is 10.9 Å². The van der Waals surface area contributed by atoms with E-state index in [1.54, 1.807) is 18.4 Å². The van der Waals surface area contributed by atoms with Crippen molar-refractivity contribution in [2.45, 2.75) is 6.42 Å². The monoisotopic (exact) mass is 199 g/mol. The number of likely N-dealkylation sites (N-methyl/N-ethyl adjacent to an activating group) is 1. The molecule has 0 aliphatic heterocycles. The number of amides is 1. The fourth-order valence-electron chi connectivity index (χ4n) is 0.868. The Morgan fingerprint density at radius 2 is 2.54 bits per heavy atom. The lowest BCUT2D eigenvalue weighted by Crippen LogP contribution is -2.32. The summed E-state index contributed by atoms with van der Waals surface area (Å²) in [5, 5.41) is 7.59. The highest BCUT2D eigenvalue weighted by atomic mass is 32.1. The smallest absolute Gasteiger partial charge is 0.233 e. The Balaban J connectivity index is 2.05. The number of hydrogen-bond donors (Lipinski definition) is 2. The van der Waals surface area contributed by atoms with Crippen LogP contribution in [0.5, 0.6) is 0 Å². The van der Waals surface area contributed by atoms with Crippen LogP contribution >= 0.6 is 11.3 Å². The normalized spacial score (nSPS) is 9.92. The molecule has 5 heteroatoms. The minimum Gasteiger partial charge on any atom is -0.358 e. The second-order valence-corrected chi connectivity index (χ2v) is 3.30. The first kappa shape index (κ1) is 10.1. The zero-order valence-electron chi connectivity index (χ0n) is 7.54. The van der Waals surface area contributed by atoms with Crippen molar-refractivity contribution < 1.29 is 4.79 Å². The summed E-state index contributed by atoms with van der Waals surface area (Å²) in [6, 6.07) is 0. The number of hydrogen-bond acceptors (Lipinski definition) is 4. The summed E-state index contributed by atoms with van der Waals surface area (Å²) >= 11 is 1.59. The van der Waals surface area contributed by atoms with Crippen LogP contribution in [0.15, 0.2) is 10.9 Å². The topological polar surface area (TPSA) is 54.0 Å². The van der Waals surface area contributed by atoms with Crippen molar-refractivity contribution in [2.75, 3.05) is 20.1 Å². The summed E-state index contributed by atoms with van der Waals surface area (Å²) in [5.74, 6) is 0.0123. The molecule has 0 fully saturated rings. The molecule has 0 atom stereocenters. The van der Waals surface area contributed by atoms with Crippen LogP contribution in [-0.2, 0) is 11.2 Å². The number of rotatable bonds is 5. The number of carbonyl (C=O) groups is 1. The lowest BCUT2D eigenvalue weighted by atomic mass is 10.3. The highest BCUT2D eigenvalue weighted by molar-refractivity contribution is 7.07. The van der Waals surface area contributed by atoms with Gasteiger partial charge in [-0.15, -0.1) is 11.3 Å². The Morgan fingerprint density at radius 3 is 3.15 bits per heavy atom. The molecule has 0 aromatic carbocycles. The van der Waals surface area contributed by atoms with Crippen molar-refractivity contribution in [2.24, 2.45) is 0 Å². The summed E-state index contributed by atoms with van der Waals surface area (Å²) in [5.41, 5.74) is 2.89. The molecule has 0 radical (unpaired) electrons. The molecule has 1 amide bonds. The van der Waals surface area contributed by atoms with Crippen molar-refractivity contribution in [3.63, 3.8) is 0 Å². The first-order valence-electron chi connectivity index (χ1n) is 4.11. The first-order chi connectivity index (χ1) is 6.33. The molecule has 0 saturated carbocycles. The maximum absolute atomic E-state index is 10.8. The van der Waals surface area contributed by atoms with Crippen molar-refractivity contribution in [1.29, 1.82) is 0 Å². The van der Waals surface area contributed by atoms with E-state index in [0.717, 1.165) is 18.7 Å². The third-order valence-corrected chi connectivity index (χ3v) is 2.24. The van der Waals surface area contributed by atoms with E-state index in [4.69, 9.17) is 0 Å². The van der Waals surface area contributed by atoms with E-state index in [0.29, 0.717) is 6.54 Å². The van der Waals surface area contributed by atoms with Crippen molar-refractivity contribution in [3.05, 3.63) is 16.6 Å². The van der Waals surface area contributed by atoms with E-state index in [9.17, 15) is 4.79 Å². The molecule has 0 aliphatic rings. The quantitative estimate of drug-likeness (QED) is 0.657. The van der Waals surface area contributed by atoms with Gasteiger partial charge in [0.1, 0.15) is 0 Å².